The topological polar surface area (TPSA) is 95.9 Å². The molecule has 0 radical (unpaired) electrons. The van der Waals surface area contributed by atoms with E-state index in [1.807, 2.05) is 42.5 Å². The van der Waals surface area contributed by atoms with E-state index in [9.17, 15) is 19.5 Å². The summed E-state index contributed by atoms with van der Waals surface area (Å²) >= 11 is 0. The number of carbonyl (C=O) groups is 3. The van der Waals surface area contributed by atoms with Gasteiger partial charge in [0, 0.05) is 12.1 Å². The lowest BCUT2D eigenvalue weighted by atomic mass is 10.0. The van der Waals surface area contributed by atoms with Crippen LogP contribution in [0.3, 0.4) is 0 Å². The van der Waals surface area contributed by atoms with Crippen molar-refractivity contribution < 1.29 is 24.2 Å². The number of carboxylic acid groups (broad SMARTS) is 1. The Morgan fingerprint density at radius 2 is 1.81 bits per heavy atom. The van der Waals surface area contributed by atoms with E-state index in [0.717, 1.165) is 11.1 Å². The number of rotatable bonds is 9. The summed E-state index contributed by atoms with van der Waals surface area (Å²) in [6.07, 6.45) is 1.36. The molecule has 1 heterocycles. The maximum atomic E-state index is 13.3. The Kier molecular flexibility index (Phi) is 7.41. The number of aryl methyl sites for hydroxylation is 1. The summed E-state index contributed by atoms with van der Waals surface area (Å²) in [5.74, 6) is -1.86. The molecule has 0 unspecified atom stereocenters. The smallest absolute Gasteiger partial charge is 0.327 e. The number of benzene rings is 2. The zero-order chi connectivity index (χ0) is 22.4. The molecule has 7 nitrogen and oxygen atoms in total. The summed E-state index contributed by atoms with van der Waals surface area (Å²) in [7, 11) is 0. The Hall–Kier alpha value is -3.19. The maximum Gasteiger partial charge on any atom is 0.327 e. The second-order valence-corrected chi connectivity index (χ2v) is 7.61. The molecule has 1 amide bonds. The number of anilines is 1. The first-order valence-electron chi connectivity index (χ1n) is 10.5. The van der Waals surface area contributed by atoms with E-state index in [4.69, 9.17) is 4.74 Å². The molecule has 1 aliphatic rings. The summed E-state index contributed by atoms with van der Waals surface area (Å²) in [6.45, 7) is 3.63. The second-order valence-electron chi connectivity index (χ2n) is 7.61. The molecule has 0 aromatic heterocycles. The maximum absolute atomic E-state index is 13.3. The van der Waals surface area contributed by atoms with Crippen LogP contribution in [-0.2, 0) is 32.0 Å². The average Bonchev–Trinajstić information content (AvgIpc) is 3.16. The summed E-state index contributed by atoms with van der Waals surface area (Å²) in [6, 6.07) is 14.5. The van der Waals surface area contributed by atoms with E-state index in [1.54, 1.807) is 26.0 Å². The zero-order valence-electron chi connectivity index (χ0n) is 17.8. The fourth-order valence-corrected chi connectivity index (χ4v) is 3.91. The zero-order valence-corrected chi connectivity index (χ0v) is 17.8. The highest BCUT2D eigenvalue weighted by Gasteiger charge is 2.40. The van der Waals surface area contributed by atoms with E-state index in [-0.39, 0.29) is 18.9 Å². The fraction of sp³-hybridized carbons (Fsp3) is 0.375. The van der Waals surface area contributed by atoms with E-state index in [0.29, 0.717) is 18.5 Å². The van der Waals surface area contributed by atoms with Gasteiger partial charge in [-0.3, -0.25) is 19.8 Å². The highest BCUT2D eigenvalue weighted by atomic mass is 16.5. The number of carbonyl (C=O) groups excluding carboxylic acids is 2. The molecule has 164 valence electrons. The van der Waals surface area contributed by atoms with Gasteiger partial charge in [0.25, 0.3) is 0 Å². The van der Waals surface area contributed by atoms with Gasteiger partial charge in [0.15, 0.2) is 0 Å². The molecule has 2 aromatic carbocycles. The number of hydrogen-bond acceptors (Lipinski definition) is 5. The SMILES string of the molecule is CCOC(=O)[C@@H](CCc1ccccc1)N[C@@H](C)C(=O)N1c2ccccc2C[C@H]1C(=O)O. The van der Waals surface area contributed by atoms with Crippen molar-refractivity contribution in [3.63, 3.8) is 0 Å². The van der Waals surface area contributed by atoms with Gasteiger partial charge >= 0.3 is 11.9 Å². The van der Waals surface area contributed by atoms with Crippen molar-refractivity contribution >= 4 is 23.5 Å². The van der Waals surface area contributed by atoms with Crippen LogP contribution in [0.2, 0.25) is 0 Å². The quantitative estimate of drug-likeness (QED) is 0.601. The van der Waals surface area contributed by atoms with Crippen LogP contribution in [-0.4, -0.2) is 47.7 Å². The summed E-state index contributed by atoms with van der Waals surface area (Å²) in [5, 5.41) is 12.7. The number of esters is 1. The van der Waals surface area contributed by atoms with Gasteiger partial charge in [-0.1, -0.05) is 48.5 Å². The molecule has 0 spiro atoms. The molecule has 0 saturated carbocycles. The molecule has 2 aromatic rings. The van der Waals surface area contributed by atoms with Crippen LogP contribution < -0.4 is 10.2 Å². The lowest BCUT2D eigenvalue weighted by molar-refractivity contribution is -0.146. The molecular weight excluding hydrogens is 396 g/mol. The van der Waals surface area contributed by atoms with Gasteiger partial charge in [-0.2, -0.15) is 0 Å². The normalized spacial score (nSPS) is 17.0. The van der Waals surface area contributed by atoms with Crippen LogP contribution in [0.25, 0.3) is 0 Å². The summed E-state index contributed by atoms with van der Waals surface area (Å²) in [4.78, 5) is 38.9. The van der Waals surface area contributed by atoms with Crippen molar-refractivity contribution in [1.29, 1.82) is 0 Å². The van der Waals surface area contributed by atoms with Gasteiger partial charge < -0.3 is 9.84 Å². The first-order valence-corrected chi connectivity index (χ1v) is 10.5. The Morgan fingerprint density at radius 1 is 1.13 bits per heavy atom. The monoisotopic (exact) mass is 424 g/mol. The van der Waals surface area contributed by atoms with Crippen molar-refractivity contribution in [2.24, 2.45) is 0 Å². The third-order valence-electron chi connectivity index (χ3n) is 5.46. The minimum Gasteiger partial charge on any atom is -0.480 e. The van der Waals surface area contributed by atoms with Crippen molar-refractivity contribution in [3.05, 3.63) is 65.7 Å². The van der Waals surface area contributed by atoms with Crippen molar-refractivity contribution in [1.82, 2.24) is 5.32 Å². The number of nitrogens with one attached hydrogen (secondary N) is 1. The molecule has 31 heavy (non-hydrogen) atoms. The molecule has 0 fully saturated rings. The third-order valence-corrected chi connectivity index (χ3v) is 5.46. The van der Waals surface area contributed by atoms with Crippen LogP contribution in [0.1, 0.15) is 31.4 Å². The number of carboxylic acids is 1. The highest BCUT2D eigenvalue weighted by Crippen LogP contribution is 2.32. The first kappa shape index (κ1) is 22.5. The molecule has 0 bridgehead atoms. The van der Waals surface area contributed by atoms with E-state index < -0.39 is 30.1 Å². The molecule has 7 heteroatoms. The largest absolute Gasteiger partial charge is 0.480 e. The van der Waals surface area contributed by atoms with Gasteiger partial charge in [0.2, 0.25) is 5.91 Å². The second kappa shape index (κ2) is 10.2. The predicted molar refractivity (Wildman–Crippen MR) is 117 cm³/mol. The van der Waals surface area contributed by atoms with Crippen molar-refractivity contribution in [2.45, 2.75) is 51.2 Å². The number of fused-ring (bicyclic) bond motifs is 1. The number of nitrogens with zero attached hydrogens (tertiary/aromatic N) is 1. The summed E-state index contributed by atoms with van der Waals surface area (Å²) < 4.78 is 5.19. The molecule has 3 atom stereocenters. The van der Waals surface area contributed by atoms with Crippen LogP contribution in [0, 0.1) is 0 Å². The molecule has 1 aliphatic heterocycles. The van der Waals surface area contributed by atoms with E-state index in [2.05, 4.69) is 5.32 Å². The van der Waals surface area contributed by atoms with Crippen molar-refractivity contribution in [3.8, 4) is 0 Å². The minimum absolute atomic E-state index is 0.241. The van der Waals surface area contributed by atoms with Crippen LogP contribution in [0.5, 0.6) is 0 Å². The third kappa shape index (κ3) is 5.30. The lowest BCUT2D eigenvalue weighted by Crippen LogP contribution is -2.54. The molecular formula is C24H28N2O5. The Balaban J connectivity index is 1.75. The predicted octanol–water partition coefficient (Wildman–Crippen LogP) is 2.57. The van der Waals surface area contributed by atoms with Crippen LogP contribution in [0.15, 0.2) is 54.6 Å². The van der Waals surface area contributed by atoms with Crippen LogP contribution >= 0.6 is 0 Å². The van der Waals surface area contributed by atoms with Gasteiger partial charge in [-0.05, 0) is 43.9 Å². The lowest BCUT2D eigenvalue weighted by Gasteiger charge is -2.28. The Bertz CT molecular complexity index is 931. The molecule has 0 aliphatic carbocycles. The minimum atomic E-state index is -1.05. The van der Waals surface area contributed by atoms with Gasteiger partial charge in [0.1, 0.15) is 12.1 Å². The molecule has 2 N–H and O–H groups in total. The Labute approximate surface area is 182 Å². The molecule has 0 saturated heterocycles. The van der Waals surface area contributed by atoms with Crippen molar-refractivity contribution in [2.75, 3.05) is 11.5 Å². The number of para-hydroxylation sites is 1. The Morgan fingerprint density at radius 3 is 2.48 bits per heavy atom. The number of hydrogen-bond donors (Lipinski definition) is 2. The standard InChI is InChI=1S/C24H28N2O5/c1-3-31-24(30)19(14-13-17-9-5-4-6-10-17)25-16(2)22(27)26-20-12-8-7-11-18(20)15-21(26)23(28)29/h4-12,16,19,21,25H,3,13-15H2,1-2H3,(H,28,29)/t16-,19+,21-/m0/s1. The van der Waals surface area contributed by atoms with E-state index in [1.165, 1.54) is 4.90 Å². The number of ether oxygens (including phenoxy) is 1. The summed E-state index contributed by atoms with van der Waals surface area (Å²) in [5.41, 5.74) is 2.50. The van der Waals surface area contributed by atoms with Gasteiger partial charge in [-0.25, -0.2) is 4.79 Å². The fourth-order valence-electron chi connectivity index (χ4n) is 3.91. The van der Waals surface area contributed by atoms with Gasteiger partial charge in [-0.15, -0.1) is 0 Å². The van der Waals surface area contributed by atoms with E-state index >= 15 is 0 Å². The number of amides is 1. The first-order chi connectivity index (χ1) is 14.9. The molecule has 3 rings (SSSR count). The van der Waals surface area contributed by atoms with Crippen LogP contribution in [0.4, 0.5) is 5.69 Å². The highest BCUT2D eigenvalue weighted by molar-refractivity contribution is 6.04. The van der Waals surface area contributed by atoms with Gasteiger partial charge in [0.05, 0.1) is 12.6 Å². The average molecular weight is 424 g/mol. The number of aliphatic carboxylic acids is 1.